The first kappa shape index (κ1) is 15.7. The van der Waals surface area contributed by atoms with Gasteiger partial charge in [0.25, 0.3) is 0 Å². The van der Waals surface area contributed by atoms with Gasteiger partial charge in [-0.25, -0.2) is 0 Å². The number of likely N-dealkylation sites (N-methyl/N-ethyl adjacent to an activating group) is 1. The standard InChI is InChI=1S/C18H16NO2.Y/c1-11-7-8-16-13(9-11)14-10-19(2)18(20)17(14)12-5-3-4-6-15(12)21-16;/h4-9,14,17H,10H2,1-2H3;/q-1;/t14-,17+;/m1./s1. The third kappa shape index (κ3) is 2.31. The Hall–Kier alpha value is -1.19. The predicted molar refractivity (Wildman–Crippen MR) is 79.7 cm³/mol. The third-order valence-electron chi connectivity index (χ3n) is 4.49. The van der Waals surface area contributed by atoms with Gasteiger partial charge in [-0.15, -0.1) is 11.6 Å². The van der Waals surface area contributed by atoms with Crippen LogP contribution in [0, 0.1) is 13.0 Å². The topological polar surface area (TPSA) is 29.5 Å². The maximum atomic E-state index is 12.6. The van der Waals surface area contributed by atoms with Gasteiger partial charge in [-0.1, -0.05) is 17.7 Å². The SMILES string of the molecule is Cc1ccc2c(c1)[C@H]1CN(C)C(=O)[C@H]1c1c[c-]ccc1O2.[Y]. The molecule has 4 rings (SSSR count). The van der Waals surface area contributed by atoms with E-state index >= 15 is 0 Å². The van der Waals surface area contributed by atoms with Gasteiger partial charge < -0.3 is 9.64 Å². The smallest absolute Gasteiger partial charge is 0.219 e. The zero-order valence-electron chi connectivity index (χ0n) is 12.7. The van der Waals surface area contributed by atoms with Crippen LogP contribution in [0.1, 0.15) is 28.5 Å². The molecule has 1 saturated heterocycles. The summed E-state index contributed by atoms with van der Waals surface area (Å²) >= 11 is 0. The number of benzene rings is 2. The van der Waals surface area contributed by atoms with Crippen LogP contribution in [0.3, 0.4) is 0 Å². The molecule has 22 heavy (non-hydrogen) atoms. The summed E-state index contributed by atoms with van der Waals surface area (Å²) in [4.78, 5) is 14.4. The number of hydrogen-bond acceptors (Lipinski definition) is 2. The first-order chi connectivity index (χ1) is 10.1. The van der Waals surface area contributed by atoms with Gasteiger partial charge in [0.2, 0.25) is 5.91 Å². The molecule has 1 radical (unpaired) electrons. The zero-order chi connectivity index (χ0) is 14.6. The number of carbonyl (C=O) groups excluding carboxylic acids is 1. The molecule has 0 bridgehead atoms. The van der Waals surface area contributed by atoms with Crippen molar-refractivity contribution in [3.05, 3.63) is 59.2 Å². The van der Waals surface area contributed by atoms with E-state index in [4.69, 9.17) is 4.74 Å². The van der Waals surface area contributed by atoms with E-state index in [1.165, 1.54) is 5.56 Å². The summed E-state index contributed by atoms with van der Waals surface area (Å²) in [5, 5.41) is 0. The quantitative estimate of drug-likeness (QED) is 0.669. The van der Waals surface area contributed by atoms with Crippen molar-refractivity contribution in [3.63, 3.8) is 0 Å². The number of aryl methyl sites for hydroxylation is 1. The van der Waals surface area contributed by atoms with Crippen molar-refractivity contribution >= 4 is 5.91 Å². The average Bonchev–Trinajstić information content (AvgIpc) is 2.70. The van der Waals surface area contributed by atoms with Crippen LogP contribution < -0.4 is 4.74 Å². The monoisotopic (exact) mass is 367 g/mol. The molecule has 1 fully saturated rings. The van der Waals surface area contributed by atoms with Crippen molar-refractivity contribution < 1.29 is 42.2 Å². The molecule has 0 spiro atoms. The van der Waals surface area contributed by atoms with E-state index in [9.17, 15) is 4.79 Å². The Morgan fingerprint density at radius 3 is 2.82 bits per heavy atom. The molecule has 2 aliphatic rings. The van der Waals surface area contributed by atoms with Crippen LogP contribution in [0.2, 0.25) is 0 Å². The molecule has 0 aliphatic carbocycles. The van der Waals surface area contributed by atoms with Gasteiger partial charge in [0.1, 0.15) is 5.75 Å². The first-order valence-electron chi connectivity index (χ1n) is 7.18. The van der Waals surface area contributed by atoms with Crippen molar-refractivity contribution in [1.29, 1.82) is 0 Å². The maximum Gasteiger partial charge on any atom is 0.219 e. The van der Waals surface area contributed by atoms with Crippen LogP contribution in [0.25, 0.3) is 0 Å². The molecule has 3 nitrogen and oxygen atoms in total. The molecule has 2 aromatic rings. The van der Waals surface area contributed by atoms with E-state index in [-0.39, 0.29) is 50.5 Å². The second-order valence-corrected chi connectivity index (χ2v) is 5.91. The second kappa shape index (κ2) is 5.79. The number of rotatable bonds is 0. The number of amides is 1. The molecular weight excluding hydrogens is 351 g/mol. The molecule has 0 aromatic heterocycles. The van der Waals surface area contributed by atoms with Crippen LogP contribution >= 0.6 is 0 Å². The minimum absolute atomic E-state index is 0. The van der Waals surface area contributed by atoms with Gasteiger partial charge in [-0.05, 0) is 18.6 Å². The molecule has 2 aliphatic heterocycles. The Balaban J connectivity index is 0.00000144. The first-order valence-corrected chi connectivity index (χ1v) is 7.18. The van der Waals surface area contributed by atoms with Gasteiger partial charge in [0.05, 0.1) is 0 Å². The van der Waals surface area contributed by atoms with Crippen LogP contribution in [0.4, 0.5) is 0 Å². The summed E-state index contributed by atoms with van der Waals surface area (Å²) in [5.41, 5.74) is 3.27. The normalized spacial score (nSPS) is 21.9. The van der Waals surface area contributed by atoms with E-state index in [0.29, 0.717) is 0 Å². The molecule has 2 atom stereocenters. The summed E-state index contributed by atoms with van der Waals surface area (Å²) in [5.74, 6) is 1.79. The molecule has 109 valence electrons. The van der Waals surface area contributed by atoms with Crippen molar-refractivity contribution in [2.24, 2.45) is 0 Å². The number of likely N-dealkylation sites (tertiary alicyclic amines) is 1. The average molecular weight is 367 g/mol. The fourth-order valence-corrected chi connectivity index (χ4v) is 3.46. The summed E-state index contributed by atoms with van der Waals surface area (Å²) in [6, 6.07) is 14.9. The Morgan fingerprint density at radius 1 is 1.23 bits per heavy atom. The molecule has 1 amide bonds. The number of fused-ring (bicyclic) bond motifs is 5. The Morgan fingerprint density at radius 2 is 2.00 bits per heavy atom. The fourth-order valence-electron chi connectivity index (χ4n) is 3.46. The molecule has 2 heterocycles. The molecule has 4 heteroatoms. The number of hydrogen-bond donors (Lipinski definition) is 0. The summed E-state index contributed by atoms with van der Waals surface area (Å²) < 4.78 is 6.09. The maximum absolute atomic E-state index is 12.6. The molecule has 0 N–H and O–H groups in total. The molecular formula is C18H16NO2Y-. The van der Waals surface area contributed by atoms with E-state index < -0.39 is 0 Å². The van der Waals surface area contributed by atoms with Gasteiger partial charge in [0, 0.05) is 63.9 Å². The summed E-state index contributed by atoms with van der Waals surface area (Å²) in [6.45, 7) is 2.80. The number of nitrogens with zero attached hydrogens (tertiary/aromatic N) is 1. The van der Waals surface area contributed by atoms with E-state index in [1.807, 2.05) is 42.3 Å². The molecule has 0 saturated carbocycles. The van der Waals surface area contributed by atoms with Crippen molar-refractivity contribution in [1.82, 2.24) is 4.90 Å². The van der Waals surface area contributed by atoms with E-state index in [0.717, 1.165) is 29.2 Å². The van der Waals surface area contributed by atoms with Gasteiger partial charge in [-0.3, -0.25) is 4.79 Å². The Bertz CT molecular complexity index is 744. The minimum Gasteiger partial charge on any atom is -0.482 e. The number of ether oxygens (including phenoxy) is 1. The molecule has 0 unspecified atom stereocenters. The van der Waals surface area contributed by atoms with Crippen LogP contribution in [-0.2, 0) is 37.5 Å². The summed E-state index contributed by atoms with van der Waals surface area (Å²) in [7, 11) is 1.87. The van der Waals surface area contributed by atoms with Crippen LogP contribution in [0.15, 0.2) is 36.4 Å². The zero-order valence-corrected chi connectivity index (χ0v) is 15.5. The number of carbonyl (C=O) groups is 1. The van der Waals surface area contributed by atoms with Crippen LogP contribution in [0.5, 0.6) is 11.5 Å². The Kier molecular flexibility index (Phi) is 4.13. The van der Waals surface area contributed by atoms with Crippen molar-refractivity contribution in [2.45, 2.75) is 18.8 Å². The van der Waals surface area contributed by atoms with E-state index in [2.05, 4.69) is 19.1 Å². The van der Waals surface area contributed by atoms with Gasteiger partial charge >= 0.3 is 0 Å². The van der Waals surface area contributed by atoms with Crippen LogP contribution in [-0.4, -0.2) is 24.4 Å². The van der Waals surface area contributed by atoms with Crippen molar-refractivity contribution in [2.75, 3.05) is 13.6 Å². The van der Waals surface area contributed by atoms with Gasteiger partial charge in [-0.2, -0.15) is 18.2 Å². The predicted octanol–water partition coefficient (Wildman–Crippen LogP) is 3.24. The Labute approximate surface area is 155 Å². The van der Waals surface area contributed by atoms with Crippen molar-refractivity contribution in [3.8, 4) is 11.5 Å². The van der Waals surface area contributed by atoms with E-state index in [1.54, 1.807) is 0 Å². The van der Waals surface area contributed by atoms with Gasteiger partial charge in [0.15, 0.2) is 0 Å². The second-order valence-electron chi connectivity index (χ2n) is 5.91. The minimum atomic E-state index is -0.162. The molecule has 2 aromatic carbocycles. The largest absolute Gasteiger partial charge is 0.482 e. The fraction of sp³-hybridized carbons (Fsp3) is 0.278. The third-order valence-corrected chi connectivity index (χ3v) is 4.49. The summed E-state index contributed by atoms with van der Waals surface area (Å²) in [6.07, 6.45) is 0.